The third kappa shape index (κ3) is 3.43. The van der Waals surface area contributed by atoms with Crippen LogP contribution in [0.25, 0.3) is 0 Å². The highest BCUT2D eigenvalue weighted by atomic mass is 79.9. The van der Waals surface area contributed by atoms with Gasteiger partial charge < -0.3 is 0 Å². The fraction of sp³-hybridized carbons (Fsp3) is 0.0909. The highest BCUT2D eigenvalue weighted by molar-refractivity contribution is 9.10. The Hall–Kier alpha value is -1.18. The zero-order valence-electron chi connectivity index (χ0n) is 9.76. The molecule has 19 heavy (non-hydrogen) atoms. The minimum Gasteiger partial charge on any atom is -0.263 e. The van der Waals surface area contributed by atoms with E-state index in [0.717, 1.165) is 4.47 Å². The first-order valence-electron chi connectivity index (χ1n) is 5.15. The van der Waals surface area contributed by atoms with Gasteiger partial charge in [-0.2, -0.15) is 0 Å². The largest absolute Gasteiger partial charge is 0.264 e. The first kappa shape index (κ1) is 14.2. The summed E-state index contributed by atoms with van der Waals surface area (Å²) in [6, 6.07) is 4.56. The summed E-state index contributed by atoms with van der Waals surface area (Å²) in [4.78, 5) is 7.79. The van der Waals surface area contributed by atoms with Crippen molar-refractivity contribution in [3.05, 3.63) is 45.8 Å². The van der Waals surface area contributed by atoms with Crippen molar-refractivity contribution in [2.75, 3.05) is 4.72 Å². The number of aromatic nitrogens is 2. The highest BCUT2D eigenvalue weighted by Crippen LogP contribution is 2.20. The molecule has 0 radical (unpaired) electrons. The number of halogens is 2. The summed E-state index contributed by atoms with van der Waals surface area (Å²) in [5.74, 6) is 0.276. The summed E-state index contributed by atoms with van der Waals surface area (Å²) in [5, 5.41) is 0.233. The number of pyridine rings is 2. The number of aryl methyl sites for hydroxylation is 1. The Morgan fingerprint density at radius 1 is 1.26 bits per heavy atom. The summed E-state index contributed by atoms with van der Waals surface area (Å²) in [6.45, 7) is 1.76. The lowest BCUT2D eigenvalue weighted by Gasteiger charge is -2.09. The Kier molecular flexibility index (Phi) is 4.07. The van der Waals surface area contributed by atoms with E-state index in [4.69, 9.17) is 11.6 Å². The average molecular weight is 363 g/mol. The molecule has 5 nitrogen and oxygen atoms in total. The molecule has 0 aromatic carbocycles. The molecule has 2 aromatic heterocycles. The normalized spacial score (nSPS) is 11.3. The van der Waals surface area contributed by atoms with Crippen LogP contribution >= 0.6 is 27.5 Å². The molecule has 2 rings (SSSR count). The molecule has 0 saturated heterocycles. The number of nitrogens with zero attached hydrogens (tertiary/aromatic N) is 2. The summed E-state index contributed by atoms with van der Waals surface area (Å²) >= 11 is 8.89. The van der Waals surface area contributed by atoms with Gasteiger partial charge in [0.1, 0.15) is 15.9 Å². The van der Waals surface area contributed by atoms with Gasteiger partial charge in [-0.3, -0.25) is 4.72 Å². The van der Waals surface area contributed by atoms with E-state index in [1.54, 1.807) is 13.0 Å². The molecule has 0 atom stereocenters. The average Bonchev–Trinajstić information content (AvgIpc) is 2.33. The third-order valence-electron chi connectivity index (χ3n) is 2.29. The number of sulfonamides is 1. The fourth-order valence-corrected chi connectivity index (χ4v) is 2.94. The summed E-state index contributed by atoms with van der Waals surface area (Å²) in [6.07, 6.45) is 2.71. The molecule has 0 amide bonds. The van der Waals surface area contributed by atoms with Gasteiger partial charge in [0.05, 0.1) is 0 Å². The van der Waals surface area contributed by atoms with Crippen LogP contribution in [-0.4, -0.2) is 18.4 Å². The quantitative estimate of drug-likeness (QED) is 0.852. The predicted molar refractivity (Wildman–Crippen MR) is 76.7 cm³/mol. The Labute approximate surface area is 124 Å². The van der Waals surface area contributed by atoms with Gasteiger partial charge in [-0.25, -0.2) is 18.4 Å². The van der Waals surface area contributed by atoms with Gasteiger partial charge in [0.2, 0.25) is 0 Å². The van der Waals surface area contributed by atoms with Crippen molar-refractivity contribution in [2.45, 2.75) is 11.8 Å². The van der Waals surface area contributed by atoms with Crippen molar-refractivity contribution in [3.63, 3.8) is 0 Å². The van der Waals surface area contributed by atoms with Gasteiger partial charge in [0, 0.05) is 16.9 Å². The lowest BCUT2D eigenvalue weighted by molar-refractivity contribution is 0.600. The van der Waals surface area contributed by atoms with Gasteiger partial charge in [-0.15, -0.1) is 0 Å². The summed E-state index contributed by atoms with van der Waals surface area (Å²) < 4.78 is 27.4. The molecule has 0 fully saturated rings. The van der Waals surface area contributed by atoms with Crippen LogP contribution in [0.15, 0.2) is 40.0 Å². The van der Waals surface area contributed by atoms with Crippen molar-refractivity contribution >= 4 is 43.4 Å². The minimum atomic E-state index is -3.71. The highest BCUT2D eigenvalue weighted by Gasteiger charge is 2.16. The molecule has 0 aliphatic rings. The van der Waals surface area contributed by atoms with E-state index < -0.39 is 10.0 Å². The molecule has 0 aliphatic heterocycles. The van der Waals surface area contributed by atoms with Crippen LogP contribution in [0.2, 0.25) is 5.15 Å². The maximum Gasteiger partial charge on any atom is 0.264 e. The molecular formula is C11H9BrClN3O2S. The lowest BCUT2D eigenvalue weighted by atomic mass is 10.3. The van der Waals surface area contributed by atoms with E-state index in [2.05, 4.69) is 30.6 Å². The zero-order valence-corrected chi connectivity index (χ0v) is 12.9. The van der Waals surface area contributed by atoms with E-state index in [1.165, 1.54) is 24.5 Å². The Morgan fingerprint density at radius 2 is 2.00 bits per heavy atom. The Morgan fingerprint density at radius 3 is 2.58 bits per heavy atom. The SMILES string of the molecule is Cc1cc(Br)cnc1NS(=O)(=O)c1ccc(Cl)nc1. The number of hydrogen-bond donors (Lipinski definition) is 1. The van der Waals surface area contributed by atoms with E-state index >= 15 is 0 Å². The van der Waals surface area contributed by atoms with Crippen LogP contribution in [0.4, 0.5) is 5.82 Å². The van der Waals surface area contributed by atoms with Crippen molar-refractivity contribution < 1.29 is 8.42 Å². The van der Waals surface area contributed by atoms with Gasteiger partial charge in [0.25, 0.3) is 10.0 Å². The summed E-state index contributed by atoms with van der Waals surface area (Å²) in [7, 11) is -3.71. The van der Waals surface area contributed by atoms with Crippen LogP contribution in [0.1, 0.15) is 5.56 Å². The molecular weight excluding hydrogens is 354 g/mol. The van der Waals surface area contributed by atoms with Gasteiger partial charge in [0.15, 0.2) is 0 Å². The van der Waals surface area contributed by atoms with Crippen molar-refractivity contribution in [1.82, 2.24) is 9.97 Å². The zero-order chi connectivity index (χ0) is 14.0. The number of rotatable bonds is 3. The van der Waals surface area contributed by atoms with Crippen LogP contribution in [-0.2, 0) is 10.0 Å². The van der Waals surface area contributed by atoms with E-state index in [1.807, 2.05) is 0 Å². The summed E-state index contributed by atoms with van der Waals surface area (Å²) in [5.41, 5.74) is 0.708. The first-order valence-corrected chi connectivity index (χ1v) is 7.80. The maximum absolute atomic E-state index is 12.1. The van der Waals surface area contributed by atoms with Crippen LogP contribution in [0.3, 0.4) is 0 Å². The fourth-order valence-electron chi connectivity index (χ4n) is 1.35. The molecule has 0 spiro atoms. The monoisotopic (exact) mass is 361 g/mol. The standard InChI is InChI=1S/C11H9BrClN3O2S/c1-7-4-8(12)5-15-11(7)16-19(17,18)9-2-3-10(13)14-6-9/h2-6H,1H3,(H,15,16). The van der Waals surface area contributed by atoms with Crippen molar-refractivity contribution in [2.24, 2.45) is 0 Å². The van der Waals surface area contributed by atoms with E-state index in [9.17, 15) is 8.42 Å². The van der Waals surface area contributed by atoms with Crippen LogP contribution in [0, 0.1) is 6.92 Å². The molecule has 2 aromatic rings. The Balaban J connectivity index is 2.33. The van der Waals surface area contributed by atoms with Crippen molar-refractivity contribution in [1.29, 1.82) is 0 Å². The van der Waals surface area contributed by atoms with Crippen LogP contribution < -0.4 is 4.72 Å². The van der Waals surface area contributed by atoms with E-state index in [0.29, 0.717) is 5.56 Å². The van der Waals surface area contributed by atoms with Crippen LogP contribution in [0.5, 0.6) is 0 Å². The molecule has 100 valence electrons. The maximum atomic E-state index is 12.1. The minimum absolute atomic E-state index is 0.0287. The number of anilines is 1. The molecule has 0 saturated carbocycles. The molecule has 0 unspecified atom stereocenters. The number of nitrogens with one attached hydrogen (secondary N) is 1. The third-order valence-corrected chi connectivity index (χ3v) is 4.27. The first-order chi connectivity index (χ1) is 8.88. The predicted octanol–water partition coefficient (Wildman–Crippen LogP) is 3.00. The molecule has 8 heteroatoms. The molecule has 0 aliphatic carbocycles. The van der Waals surface area contributed by atoms with Gasteiger partial charge >= 0.3 is 0 Å². The topological polar surface area (TPSA) is 72.0 Å². The molecule has 0 bridgehead atoms. The molecule has 2 heterocycles. The van der Waals surface area contributed by atoms with Crippen molar-refractivity contribution in [3.8, 4) is 0 Å². The number of hydrogen-bond acceptors (Lipinski definition) is 4. The van der Waals surface area contributed by atoms with Gasteiger partial charge in [-0.1, -0.05) is 11.6 Å². The smallest absolute Gasteiger partial charge is 0.263 e. The second-order valence-electron chi connectivity index (χ2n) is 3.74. The van der Waals surface area contributed by atoms with Gasteiger partial charge in [-0.05, 0) is 46.6 Å². The second-order valence-corrected chi connectivity index (χ2v) is 6.73. The lowest BCUT2D eigenvalue weighted by Crippen LogP contribution is -2.15. The Bertz CT molecular complexity index is 704. The van der Waals surface area contributed by atoms with E-state index in [-0.39, 0.29) is 15.9 Å². The molecule has 1 N–H and O–H groups in total. The second kappa shape index (κ2) is 5.44.